The topological polar surface area (TPSA) is 57.9 Å². The molecule has 1 saturated carbocycles. The SMILES string of the molecule is N#CC=CC1C(=O)C(=O)C2=CC=CCC21. The Bertz CT molecular complexity index is 449. The third-order valence-electron chi connectivity index (χ3n) is 2.80. The first kappa shape index (κ1) is 9.60. The van der Waals surface area contributed by atoms with Crippen molar-refractivity contribution in [1.82, 2.24) is 0 Å². The number of fused-ring (bicyclic) bond motifs is 1. The minimum atomic E-state index is -0.437. The highest BCUT2D eigenvalue weighted by Crippen LogP contribution is 2.37. The molecule has 2 rings (SSSR count). The van der Waals surface area contributed by atoms with Crippen LogP contribution in [-0.2, 0) is 9.59 Å². The van der Waals surface area contributed by atoms with Gasteiger partial charge in [0.1, 0.15) is 0 Å². The van der Waals surface area contributed by atoms with Crippen LogP contribution in [0.5, 0.6) is 0 Å². The van der Waals surface area contributed by atoms with Gasteiger partial charge in [-0.1, -0.05) is 24.3 Å². The monoisotopic (exact) mass is 199 g/mol. The summed E-state index contributed by atoms with van der Waals surface area (Å²) in [6, 6.07) is 1.84. The van der Waals surface area contributed by atoms with E-state index in [1.165, 1.54) is 12.2 Å². The number of allylic oxidation sites excluding steroid dienone is 6. The fourth-order valence-corrected chi connectivity index (χ4v) is 2.08. The van der Waals surface area contributed by atoms with Gasteiger partial charge in [0.2, 0.25) is 11.6 Å². The van der Waals surface area contributed by atoms with E-state index in [2.05, 4.69) is 0 Å². The minimum Gasteiger partial charge on any atom is -0.290 e. The van der Waals surface area contributed by atoms with E-state index in [9.17, 15) is 9.59 Å². The molecule has 0 N–H and O–H groups in total. The van der Waals surface area contributed by atoms with Gasteiger partial charge in [0.05, 0.1) is 12.0 Å². The number of carbonyl (C=O) groups is 2. The number of hydrogen-bond acceptors (Lipinski definition) is 3. The fraction of sp³-hybridized carbons (Fsp3) is 0.250. The highest BCUT2D eigenvalue weighted by molar-refractivity contribution is 6.47. The number of rotatable bonds is 1. The molecule has 2 aliphatic rings. The molecular formula is C12H9NO2. The summed E-state index contributed by atoms with van der Waals surface area (Å²) < 4.78 is 0. The van der Waals surface area contributed by atoms with E-state index in [1.807, 2.05) is 12.1 Å². The van der Waals surface area contributed by atoms with Crippen LogP contribution in [0, 0.1) is 23.2 Å². The third-order valence-corrected chi connectivity index (χ3v) is 2.80. The molecule has 0 aromatic heterocycles. The first-order chi connectivity index (χ1) is 7.25. The van der Waals surface area contributed by atoms with Gasteiger partial charge in [-0.25, -0.2) is 0 Å². The van der Waals surface area contributed by atoms with Crippen LogP contribution in [-0.4, -0.2) is 11.6 Å². The van der Waals surface area contributed by atoms with E-state index >= 15 is 0 Å². The standard InChI is InChI=1S/C12H9NO2/c13-7-3-6-10-8-4-1-2-5-9(8)11(14)12(10)15/h1-3,5-6,8,10H,4H2. The highest BCUT2D eigenvalue weighted by atomic mass is 16.2. The maximum absolute atomic E-state index is 11.6. The summed E-state index contributed by atoms with van der Waals surface area (Å²) in [6.45, 7) is 0. The maximum atomic E-state index is 11.6. The average Bonchev–Trinajstić information content (AvgIpc) is 2.51. The molecule has 0 radical (unpaired) electrons. The second-order valence-corrected chi connectivity index (χ2v) is 3.60. The Hall–Kier alpha value is -1.95. The van der Waals surface area contributed by atoms with Crippen molar-refractivity contribution in [3.8, 4) is 6.07 Å². The van der Waals surface area contributed by atoms with Crippen molar-refractivity contribution in [2.45, 2.75) is 6.42 Å². The van der Waals surface area contributed by atoms with Gasteiger partial charge in [-0.2, -0.15) is 5.26 Å². The van der Waals surface area contributed by atoms with Crippen LogP contribution < -0.4 is 0 Å². The van der Waals surface area contributed by atoms with Gasteiger partial charge in [0.25, 0.3) is 0 Å². The largest absolute Gasteiger partial charge is 0.290 e. The van der Waals surface area contributed by atoms with E-state index in [-0.39, 0.29) is 11.7 Å². The van der Waals surface area contributed by atoms with Crippen LogP contribution in [0.4, 0.5) is 0 Å². The summed E-state index contributed by atoms with van der Waals surface area (Å²) in [5.74, 6) is -1.27. The second kappa shape index (κ2) is 3.66. The molecule has 2 unspecified atom stereocenters. The molecule has 1 fully saturated rings. The first-order valence-corrected chi connectivity index (χ1v) is 4.77. The minimum absolute atomic E-state index is 0.0559. The zero-order valence-electron chi connectivity index (χ0n) is 8.01. The Morgan fingerprint density at radius 3 is 3.00 bits per heavy atom. The van der Waals surface area contributed by atoms with Crippen molar-refractivity contribution in [2.24, 2.45) is 11.8 Å². The van der Waals surface area contributed by atoms with Gasteiger partial charge >= 0.3 is 0 Å². The zero-order chi connectivity index (χ0) is 10.8. The molecule has 74 valence electrons. The van der Waals surface area contributed by atoms with Crippen LogP contribution in [0.25, 0.3) is 0 Å². The second-order valence-electron chi connectivity index (χ2n) is 3.60. The molecule has 2 atom stereocenters. The Morgan fingerprint density at radius 2 is 2.27 bits per heavy atom. The van der Waals surface area contributed by atoms with Crippen molar-refractivity contribution in [2.75, 3.05) is 0 Å². The molecule has 0 spiro atoms. The summed E-state index contributed by atoms with van der Waals surface area (Å²) in [4.78, 5) is 23.1. The smallest absolute Gasteiger partial charge is 0.225 e. The summed E-state index contributed by atoms with van der Waals surface area (Å²) in [5, 5.41) is 8.41. The van der Waals surface area contributed by atoms with Crippen LogP contribution in [0.1, 0.15) is 6.42 Å². The van der Waals surface area contributed by atoms with Crippen molar-refractivity contribution in [1.29, 1.82) is 5.26 Å². The molecule has 0 amide bonds. The number of nitrogens with zero attached hydrogens (tertiary/aromatic N) is 1. The van der Waals surface area contributed by atoms with E-state index in [1.54, 1.807) is 12.2 Å². The zero-order valence-corrected chi connectivity index (χ0v) is 8.01. The molecule has 3 nitrogen and oxygen atoms in total. The summed E-state index contributed by atoms with van der Waals surface area (Å²) >= 11 is 0. The molecular weight excluding hydrogens is 190 g/mol. The van der Waals surface area contributed by atoms with E-state index in [0.29, 0.717) is 12.0 Å². The first-order valence-electron chi connectivity index (χ1n) is 4.77. The van der Waals surface area contributed by atoms with Crippen molar-refractivity contribution >= 4 is 11.6 Å². The van der Waals surface area contributed by atoms with Gasteiger partial charge in [-0.3, -0.25) is 9.59 Å². The molecule has 3 heteroatoms. The van der Waals surface area contributed by atoms with E-state index in [4.69, 9.17) is 5.26 Å². The predicted molar refractivity (Wildman–Crippen MR) is 53.6 cm³/mol. The molecule has 0 saturated heterocycles. The predicted octanol–water partition coefficient (Wildman–Crippen LogP) is 1.34. The van der Waals surface area contributed by atoms with Crippen molar-refractivity contribution < 1.29 is 9.59 Å². The lowest BCUT2D eigenvalue weighted by Gasteiger charge is -2.14. The lowest BCUT2D eigenvalue weighted by atomic mass is 9.87. The molecule has 0 aromatic rings. The number of ketones is 2. The highest BCUT2D eigenvalue weighted by Gasteiger charge is 2.43. The third kappa shape index (κ3) is 1.44. The van der Waals surface area contributed by atoms with Gasteiger partial charge in [0, 0.05) is 17.6 Å². The number of hydrogen-bond donors (Lipinski definition) is 0. The van der Waals surface area contributed by atoms with Crippen molar-refractivity contribution in [3.63, 3.8) is 0 Å². The molecule has 0 aromatic carbocycles. The molecule has 2 aliphatic carbocycles. The van der Waals surface area contributed by atoms with Gasteiger partial charge in [-0.05, 0) is 6.42 Å². The van der Waals surface area contributed by atoms with Crippen LogP contribution in [0.3, 0.4) is 0 Å². The van der Waals surface area contributed by atoms with Gasteiger partial charge in [0.15, 0.2) is 0 Å². The maximum Gasteiger partial charge on any atom is 0.225 e. The van der Waals surface area contributed by atoms with Gasteiger partial charge in [-0.15, -0.1) is 0 Å². The molecule has 0 bridgehead atoms. The lowest BCUT2D eigenvalue weighted by molar-refractivity contribution is -0.133. The molecule has 15 heavy (non-hydrogen) atoms. The molecule has 0 heterocycles. The number of nitriles is 1. The average molecular weight is 199 g/mol. The van der Waals surface area contributed by atoms with Crippen LogP contribution in [0.2, 0.25) is 0 Å². The fourth-order valence-electron chi connectivity index (χ4n) is 2.08. The number of carbonyl (C=O) groups excluding carboxylic acids is 2. The Labute approximate surface area is 87.4 Å². The Kier molecular flexibility index (Phi) is 2.34. The van der Waals surface area contributed by atoms with Crippen molar-refractivity contribution in [3.05, 3.63) is 36.0 Å². The quantitative estimate of drug-likeness (QED) is 0.473. The lowest BCUT2D eigenvalue weighted by Crippen LogP contribution is -2.14. The summed E-state index contributed by atoms with van der Waals surface area (Å²) in [5.41, 5.74) is 0.593. The van der Waals surface area contributed by atoms with E-state index < -0.39 is 11.7 Å². The normalized spacial score (nSPS) is 29.1. The summed E-state index contributed by atoms with van der Waals surface area (Å²) in [7, 11) is 0. The Morgan fingerprint density at radius 1 is 1.47 bits per heavy atom. The number of Topliss-reactive ketones (excluding diaryl/α,β-unsaturated/α-hetero) is 2. The summed E-state index contributed by atoms with van der Waals surface area (Å²) in [6.07, 6.45) is 8.95. The van der Waals surface area contributed by atoms with Gasteiger partial charge < -0.3 is 0 Å². The Balaban J connectivity index is 2.36. The van der Waals surface area contributed by atoms with Crippen LogP contribution >= 0.6 is 0 Å². The molecule has 0 aliphatic heterocycles. The van der Waals surface area contributed by atoms with E-state index in [0.717, 1.165) is 0 Å². The van der Waals surface area contributed by atoms with Crippen LogP contribution in [0.15, 0.2) is 36.0 Å².